The first-order valence-electron chi connectivity index (χ1n) is 12.0. The number of hydrogen-bond acceptors (Lipinski definition) is 7. The van der Waals surface area contributed by atoms with Crippen LogP contribution < -0.4 is 4.74 Å². The normalized spacial score (nSPS) is 23.8. The van der Waals surface area contributed by atoms with Crippen LogP contribution in [0, 0.1) is 18.3 Å². The minimum atomic E-state index is -1.47. The third-order valence-electron chi connectivity index (χ3n) is 6.69. The minimum Gasteiger partial charge on any atom is -0.494 e. The van der Waals surface area contributed by atoms with Gasteiger partial charge in [0, 0.05) is 0 Å². The van der Waals surface area contributed by atoms with Crippen LogP contribution in [0.3, 0.4) is 0 Å². The van der Waals surface area contributed by atoms with Crippen molar-refractivity contribution in [3.8, 4) is 22.9 Å². The smallest absolute Gasteiger partial charge is 0.119 e. The first-order chi connectivity index (χ1) is 17.4. The highest BCUT2D eigenvalue weighted by molar-refractivity contribution is 5.71. The van der Waals surface area contributed by atoms with Gasteiger partial charge in [0.2, 0.25) is 0 Å². The molecule has 7 heteroatoms. The van der Waals surface area contributed by atoms with Crippen molar-refractivity contribution in [2.45, 2.75) is 50.8 Å². The molecule has 36 heavy (non-hydrogen) atoms. The molecule has 1 aliphatic heterocycles. The average molecular weight is 490 g/mol. The molecule has 1 heterocycles. The third-order valence-corrected chi connectivity index (χ3v) is 6.69. The van der Waals surface area contributed by atoms with Gasteiger partial charge < -0.3 is 29.9 Å². The van der Waals surface area contributed by atoms with E-state index in [4.69, 9.17) is 9.47 Å². The molecule has 0 amide bonds. The summed E-state index contributed by atoms with van der Waals surface area (Å²) in [6.45, 7) is 4.04. The monoisotopic (exact) mass is 489 g/mol. The number of nitriles is 1. The summed E-state index contributed by atoms with van der Waals surface area (Å²) in [6, 6.07) is 21.1. The predicted molar refractivity (Wildman–Crippen MR) is 134 cm³/mol. The molecule has 0 spiro atoms. The van der Waals surface area contributed by atoms with Crippen molar-refractivity contribution in [1.82, 2.24) is 0 Å². The second-order valence-corrected chi connectivity index (χ2v) is 9.05. The Morgan fingerprint density at radius 2 is 1.72 bits per heavy atom. The van der Waals surface area contributed by atoms with E-state index in [-0.39, 0.29) is 0 Å². The fourth-order valence-electron chi connectivity index (χ4n) is 4.67. The van der Waals surface area contributed by atoms with Gasteiger partial charge in [0.05, 0.1) is 24.8 Å². The van der Waals surface area contributed by atoms with E-state index in [1.54, 1.807) is 12.1 Å². The second-order valence-electron chi connectivity index (χ2n) is 9.05. The maximum atomic E-state index is 10.8. The van der Waals surface area contributed by atoms with E-state index < -0.39 is 37.1 Å². The molecule has 0 radical (unpaired) electrons. The second kappa shape index (κ2) is 11.2. The lowest BCUT2D eigenvalue weighted by Gasteiger charge is -2.40. The SMILES string of the molecule is CCOc1ccc(Cc2cc([C@@H]3O[C@H](CO)[C@@H](O)[C@H](O)[C@H]3O)cc(-c3cccc(C#N)c3)c2C)cc1. The van der Waals surface area contributed by atoms with Crippen molar-refractivity contribution in [2.75, 3.05) is 13.2 Å². The number of nitrogens with zero attached hydrogens (tertiary/aromatic N) is 1. The molecule has 3 aromatic carbocycles. The zero-order valence-electron chi connectivity index (χ0n) is 20.3. The molecule has 0 aromatic heterocycles. The minimum absolute atomic E-state index is 0.497. The molecular weight excluding hydrogens is 458 g/mol. The molecular formula is C29H31NO6. The van der Waals surface area contributed by atoms with Crippen LogP contribution in [0.1, 0.15) is 40.8 Å². The van der Waals surface area contributed by atoms with Crippen molar-refractivity contribution in [2.24, 2.45) is 0 Å². The van der Waals surface area contributed by atoms with Gasteiger partial charge >= 0.3 is 0 Å². The third kappa shape index (κ3) is 5.29. The molecule has 4 N–H and O–H groups in total. The number of aliphatic hydroxyl groups is 4. The molecule has 188 valence electrons. The summed E-state index contributed by atoms with van der Waals surface area (Å²) in [5, 5.41) is 50.4. The molecule has 1 saturated heterocycles. The summed E-state index contributed by atoms with van der Waals surface area (Å²) < 4.78 is 11.4. The van der Waals surface area contributed by atoms with Crippen LogP contribution in [0.2, 0.25) is 0 Å². The van der Waals surface area contributed by atoms with Gasteiger partial charge in [0.15, 0.2) is 0 Å². The van der Waals surface area contributed by atoms with Crippen molar-refractivity contribution < 1.29 is 29.9 Å². The lowest BCUT2D eigenvalue weighted by atomic mass is 9.85. The summed E-state index contributed by atoms with van der Waals surface area (Å²) in [5.41, 5.74) is 5.88. The molecule has 1 aliphatic rings. The Balaban J connectivity index is 1.80. The van der Waals surface area contributed by atoms with Gasteiger partial charge in [0.25, 0.3) is 0 Å². The van der Waals surface area contributed by atoms with Crippen LogP contribution >= 0.6 is 0 Å². The van der Waals surface area contributed by atoms with E-state index in [1.165, 1.54) is 0 Å². The zero-order valence-corrected chi connectivity index (χ0v) is 20.3. The molecule has 4 rings (SSSR count). The molecule has 7 nitrogen and oxygen atoms in total. The van der Waals surface area contributed by atoms with Crippen LogP contribution in [0.4, 0.5) is 0 Å². The maximum Gasteiger partial charge on any atom is 0.119 e. The Labute approximate surface area is 210 Å². The van der Waals surface area contributed by atoms with Crippen LogP contribution in [0.25, 0.3) is 11.1 Å². The van der Waals surface area contributed by atoms with E-state index in [0.29, 0.717) is 24.2 Å². The maximum absolute atomic E-state index is 10.8. The van der Waals surface area contributed by atoms with Crippen molar-refractivity contribution >= 4 is 0 Å². The number of ether oxygens (including phenoxy) is 2. The lowest BCUT2D eigenvalue weighted by molar-refractivity contribution is -0.231. The van der Waals surface area contributed by atoms with E-state index in [0.717, 1.165) is 33.6 Å². The van der Waals surface area contributed by atoms with Gasteiger partial charge in [-0.3, -0.25) is 0 Å². The van der Waals surface area contributed by atoms with Gasteiger partial charge in [-0.2, -0.15) is 5.26 Å². The van der Waals surface area contributed by atoms with Crippen molar-refractivity contribution in [1.29, 1.82) is 5.26 Å². The topological polar surface area (TPSA) is 123 Å². The molecule has 5 atom stereocenters. The quantitative estimate of drug-likeness (QED) is 0.402. The molecule has 0 aliphatic carbocycles. The molecule has 0 unspecified atom stereocenters. The number of rotatable bonds is 7. The summed E-state index contributed by atoms with van der Waals surface area (Å²) in [6.07, 6.45) is -5.66. The number of benzene rings is 3. The van der Waals surface area contributed by atoms with E-state index in [2.05, 4.69) is 6.07 Å². The van der Waals surface area contributed by atoms with E-state index >= 15 is 0 Å². The Morgan fingerprint density at radius 1 is 0.972 bits per heavy atom. The first-order valence-corrected chi connectivity index (χ1v) is 12.0. The fourth-order valence-corrected chi connectivity index (χ4v) is 4.67. The Morgan fingerprint density at radius 3 is 2.39 bits per heavy atom. The highest BCUT2D eigenvalue weighted by atomic mass is 16.5. The summed E-state index contributed by atoms with van der Waals surface area (Å²) in [4.78, 5) is 0. The Kier molecular flexibility index (Phi) is 8.04. The lowest BCUT2D eigenvalue weighted by Crippen LogP contribution is -2.55. The van der Waals surface area contributed by atoms with Crippen LogP contribution in [-0.4, -0.2) is 58.1 Å². The van der Waals surface area contributed by atoms with Crippen LogP contribution in [-0.2, 0) is 11.2 Å². The number of hydrogen-bond donors (Lipinski definition) is 4. The molecule has 1 fully saturated rings. The largest absolute Gasteiger partial charge is 0.494 e. The molecule has 3 aromatic rings. The number of aliphatic hydroxyl groups excluding tert-OH is 4. The molecule has 0 saturated carbocycles. The van der Waals surface area contributed by atoms with Gasteiger partial charge in [-0.15, -0.1) is 0 Å². The summed E-state index contributed by atoms with van der Waals surface area (Å²) >= 11 is 0. The summed E-state index contributed by atoms with van der Waals surface area (Å²) in [5.74, 6) is 0.794. The summed E-state index contributed by atoms with van der Waals surface area (Å²) in [7, 11) is 0. The average Bonchev–Trinajstić information content (AvgIpc) is 2.90. The van der Waals surface area contributed by atoms with Crippen molar-refractivity contribution in [3.05, 3.63) is 88.5 Å². The van der Waals surface area contributed by atoms with Crippen molar-refractivity contribution in [3.63, 3.8) is 0 Å². The standard InChI is InChI=1S/C29H31NO6/c1-3-35-23-9-7-18(8-10-23)11-21-13-22(29-28(34)27(33)26(32)25(16-31)36-29)14-24(17(21)2)20-6-4-5-19(12-20)15-30/h4-10,12-14,25-29,31-34H,3,11,16H2,1-2H3/t25-,26-,27+,28-,29+/m1/s1. The Hall–Kier alpha value is -3.25. The van der Waals surface area contributed by atoms with Gasteiger partial charge in [-0.1, -0.05) is 30.3 Å². The highest BCUT2D eigenvalue weighted by Gasteiger charge is 2.44. The molecule has 0 bridgehead atoms. The first kappa shape index (κ1) is 25.8. The Bertz CT molecular complexity index is 1230. The van der Waals surface area contributed by atoms with Crippen LogP contribution in [0.15, 0.2) is 60.7 Å². The van der Waals surface area contributed by atoms with Gasteiger partial charge in [-0.25, -0.2) is 0 Å². The van der Waals surface area contributed by atoms with E-state index in [1.807, 2.05) is 62.4 Å². The van der Waals surface area contributed by atoms with Gasteiger partial charge in [-0.05, 0) is 84.0 Å². The zero-order chi connectivity index (χ0) is 25.8. The fraction of sp³-hybridized carbons (Fsp3) is 0.345. The van der Waals surface area contributed by atoms with Crippen LogP contribution in [0.5, 0.6) is 5.75 Å². The van der Waals surface area contributed by atoms with Gasteiger partial charge in [0.1, 0.15) is 36.3 Å². The van der Waals surface area contributed by atoms with E-state index in [9.17, 15) is 25.7 Å². The predicted octanol–water partition coefficient (Wildman–Crippen LogP) is 3.04. The highest BCUT2D eigenvalue weighted by Crippen LogP contribution is 2.37.